The van der Waals surface area contributed by atoms with Gasteiger partial charge >= 0.3 is 0 Å². The molecule has 1 aromatic rings. The van der Waals surface area contributed by atoms with Crippen LogP contribution >= 0.6 is 35.1 Å². The Morgan fingerprint density at radius 1 is 0.968 bits per heavy atom. The molecule has 2 N–H and O–H groups in total. The first-order valence-corrected chi connectivity index (χ1v) is 11.9. The summed E-state index contributed by atoms with van der Waals surface area (Å²) >= 11 is 4.76. The van der Waals surface area contributed by atoms with Crippen LogP contribution in [0.3, 0.4) is 0 Å². The van der Waals surface area contributed by atoms with Crippen LogP contribution in [0, 0.1) is 45.8 Å². The van der Waals surface area contributed by atoms with Crippen LogP contribution in [-0.4, -0.2) is 64.8 Å². The van der Waals surface area contributed by atoms with Crippen molar-refractivity contribution < 1.29 is 0 Å². The number of guanidine groups is 2. The molecule has 0 unspecified atom stereocenters. The van der Waals surface area contributed by atoms with E-state index in [4.69, 9.17) is 10.5 Å². The van der Waals surface area contributed by atoms with E-state index in [2.05, 4.69) is 31.1 Å². The van der Waals surface area contributed by atoms with E-state index >= 15 is 0 Å². The Bertz CT molecular complexity index is 841. The van der Waals surface area contributed by atoms with Crippen LogP contribution in [-0.2, 0) is 11.5 Å². The van der Waals surface area contributed by atoms with E-state index in [1.807, 2.05) is 12.4 Å². The monoisotopic (exact) mass is 475 g/mol. The van der Waals surface area contributed by atoms with Crippen molar-refractivity contribution in [3.8, 4) is 24.8 Å². The number of rotatable bonds is 10. The van der Waals surface area contributed by atoms with Crippen molar-refractivity contribution in [1.82, 2.24) is 24.8 Å². The van der Waals surface area contributed by atoms with Crippen molar-refractivity contribution in [2.45, 2.75) is 11.5 Å². The number of aromatic nitrogens is 1. The Balaban J connectivity index is 2.35. The van der Waals surface area contributed by atoms with Gasteiger partial charge in [-0.2, -0.15) is 48.9 Å². The number of nitriles is 4. The molecule has 1 aromatic heterocycles. The SMILES string of the molecule is CN=C(NC#N)N(C#N)CCSCc1cc(CSCCN(C#N)C(=NC)NC#N)sn1. The van der Waals surface area contributed by atoms with Gasteiger partial charge in [0.05, 0.1) is 5.69 Å². The van der Waals surface area contributed by atoms with Gasteiger partial charge in [0.15, 0.2) is 24.8 Å². The van der Waals surface area contributed by atoms with Gasteiger partial charge in [-0.05, 0) is 17.6 Å². The Kier molecular flexibility index (Phi) is 13.1. The Morgan fingerprint density at radius 2 is 1.48 bits per heavy atom. The summed E-state index contributed by atoms with van der Waals surface area (Å²) in [6.45, 7) is 0.887. The van der Waals surface area contributed by atoms with Gasteiger partial charge in [-0.25, -0.2) is 9.80 Å². The van der Waals surface area contributed by atoms with E-state index in [1.165, 1.54) is 35.4 Å². The molecule has 0 spiro atoms. The highest BCUT2D eigenvalue weighted by atomic mass is 32.2. The molecule has 0 atom stereocenters. The second kappa shape index (κ2) is 15.6. The summed E-state index contributed by atoms with van der Waals surface area (Å²) in [5.41, 5.74) is 0.978. The van der Waals surface area contributed by atoms with Crippen LogP contribution in [0.1, 0.15) is 10.6 Å². The number of hydrogen-bond acceptors (Lipinski definition) is 10. The standard InChI is InChI=1S/C17H21N11S3/c1-22-16(24-10-18)27(12-20)3-5-29-8-14-7-15(31-26-14)9-30-6-4-28(13-21)17(23-2)25-11-19/h7H,3-6,8-9H2,1-2H3,(H,22,24)(H,23,25). The molecular formula is C17H21N11S3. The molecule has 0 amide bonds. The van der Waals surface area contributed by atoms with E-state index in [0.29, 0.717) is 24.6 Å². The lowest BCUT2D eigenvalue weighted by Crippen LogP contribution is -2.37. The van der Waals surface area contributed by atoms with Gasteiger partial charge in [0.1, 0.15) is 0 Å². The Morgan fingerprint density at radius 3 is 1.94 bits per heavy atom. The van der Waals surface area contributed by atoms with E-state index in [0.717, 1.165) is 22.1 Å². The molecule has 0 bridgehead atoms. The molecule has 162 valence electrons. The minimum absolute atomic E-state index is 0.231. The maximum absolute atomic E-state index is 9.18. The van der Waals surface area contributed by atoms with Crippen molar-refractivity contribution in [2.75, 3.05) is 38.7 Å². The molecule has 0 aliphatic rings. The molecule has 1 heterocycles. The lowest BCUT2D eigenvalue weighted by atomic mass is 10.4. The minimum Gasteiger partial charge on any atom is -0.262 e. The van der Waals surface area contributed by atoms with Crippen LogP contribution in [0.15, 0.2) is 16.1 Å². The molecule has 0 saturated heterocycles. The molecular weight excluding hydrogens is 454 g/mol. The fourth-order valence-corrected chi connectivity index (χ4v) is 4.78. The van der Waals surface area contributed by atoms with Crippen LogP contribution in [0.25, 0.3) is 0 Å². The van der Waals surface area contributed by atoms with E-state index in [9.17, 15) is 10.5 Å². The third-order valence-corrected chi connectivity index (χ3v) is 6.49. The average molecular weight is 476 g/mol. The molecule has 0 aliphatic carbocycles. The van der Waals surface area contributed by atoms with Gasteiger partial charge in [0.2, 0.25) is 11.9 Å². The van der Waals surface area contributed by atoms with Gasteiger partial charge in [-0.1, -0.05) is 0 Å². The smallest absolute Gasteiger partial charge is 0.220 e. The molecule has 14 heteroatoms. The van der Waals surface area contributed by atoms with Crippen LogP contribution in [0.5, 0.6) is 0 Å². The maximum Gasteiger partial charge on any atom is 0.220 e. The molecule has 0 saturated carbocycles. The fraction of sp³-hybridized carbons (Fsp3) is 0.471. The van der Waals surface area contributed by atoms with Gasteiger partial charge < -0.3 is 0 Å². The summed E-state index contributed by atoms with van der Waals surface area (Å²) in [4.78, 5) is 11.6. The highest BCUT2D eigenvalue weighted by Crippen LogP contribution is 2.20. The summed E-state index contributed by atoms with van der Waals surface area (Å²) in [7, 11) is 3.04. The summed E-state index contributed by atoms with van der Waals surface area (Å²) in [6.07, 6.45) is 7.55. The largest absolute Gasteiger partial charge is 0.262 e. The maximum atomic E-state index is 9.18. The van der Waals surface area contributed by atoms with Gasteiger partial charge in [0.25, 0.3) is 0 Å². The second-order valence-corrected chi connectivity index (χ2v) is 8.56. The fourth-order valence-electron chi connectivity index (χ4n) is 2.15. The Hall–Kier alpha value is -3.17. The first-order chi connectivity index (χ1) is 15.1. The van der Waals surface area contributed by atoms with Crippen LogP contribution in [0.2, 0.25) is 0 Å². The third kappa shape index (κ3) is 9.45. The van der Waals surface area contributed by atoms with Crippen molar-refractivity contribution in [1.29, 1.82) is 21.0 Å². The number of nitrogens with one attached hydrogen (secondary N) is 2. The summed E-state index contributed by atoms with van der Waals surface area (Å²) in [5, 5.41) is 40.5. The zero-order valence-electron chi connectivity index (χ0n) is 17.1. The van der Waals surface area contributed by atoms with E-state index in [-0.39, 0.29) is 11.9 Å². The van der Waals surface area contributed by atoms with Gasteiger partial charge in [-0.15, -0.1) is 0 Å². The number of hydrogen-bond donors (Lipinski definition) is 2. The van der Waals surface area contributed by atoms with E-state index in [1.54, 1.807) is 35.9 Å². The first-order valence-electron chi connectivity index (χ1n) is 8.81. The second-order valence-electron chi connectivity index (χ2n) is 5.46. The first kappa shape index (κ1) is 25.9. The molecule has 0 aliphatic heterocycles. The number of thioether (sulfide) groups is 2. The zero-order valence-corrected chi connectivity index (χ0v) is 19.5. The quantitative estimate of drug-likeness (QED) is 0.165. The Labute approximate surface area is 194 Å². The third-order valence-electron chi connectivity index (χ3n) is 3.53. The lowest BCUT2D eigenvalue weighted by molar-refractivity contribution is 0.595. The highest BCUT2D eigenvalue weighted by molar-refractivity contribution is 7.98. The number of aliphatic imine (C=N–C) groups is 2. The molecule has 31 heavy (non-hydrogen) atoms. The van der Waals surface area contributed by atoms with E-state index < -0.39 is 0 Å². The lowest BCUT2D eigenvalue weighted by Gasteiger charge is -2.15. The summed E-state index contributed by atoms with van der Waals surface area (Å²) in [5.74, 6) is 3.35. The minimum atomic E-state index is 0.231. The van der Waals surface area contributed by atoms with Crippen LogP contribution < -0.4 is 10.6 Å². The summed E-state index contributed by atoms with van der Waals surface area (Å²) in [6, 6.07) is 2.06. The predicted molar refractivity (Wildman–Crippen MR) is 123 cm³/mol. The summed E-state index contributed by atoms with van der Waals surface area (Å²) < 4.78 is 4.45. The van der Waals surface area contributed by atoms with Gasteiger partial charge in [-0.3, -0.25) is 20.6 Å². The highest BCUT2D eigenvalue weighted by Gasteiger charge is 2.11. The molecule has 0 fully saturated rings. The van der Waals surface area contributed by atoms with Gasteiger partial charge in [0, 0.05) is 55.1 Å². The van der Waals surface area contributed by atoms with Crippen LogP contribution in [0.4, 0.5) is 0 Å². The zero-order chi connectivity index (χ0) is 22.9. The number of nitrogens with zero attached hydrogens (tertiary/aromatic N) is 9. The normalized spacial score (nSPS) is 10.9. The topological polar surface area (TPSA) is 163 Å². The average Bonchev–Trinajstić information content (AvgIpc) is 3.24. The van der Waals surface area contributed by atoms with Crippen molar-refractivity contribution >= 4 is 47.0 Å². The van der Waals surface area contributed by atoms with Crippen molar-refractivity contribution in [2.24, 2.45) is 9.98 Å². The predicted octanol–water partition coefficient (Wildman–Crippen LogP) is 1.29. The van der Waals surface area contributed by atoms with Crippen molar-refractivity contribution in [3.63, 3.8) is 0 Å². The molecule has 0 radical (unpaired) electrons. The molecule has 1 rings (SSSR count). The van der Waals surface area contributed by atoms with Crippen molar-refractivity contribution in [3.05, 3.63) is 16.6 Å². The molecule has 0 aromatic carbocycles. The molecule has 11 nitrogen and oxygen atoms in total.